The molecule has 0 spiro atoms. The van der Waals surface area contributed by atoms with E-state index in [2.05, 4.69) is 15.0 Å². The van der Waals surface area contributed by atoms with Crippen LogP contribution in [0.1, 0.15) is 37.2 Å². The zero-order chi connectivity index (χ0) is 11.3. The first-order valence-electron chi connectivity index (χ1n) is 4.95. The summed E-state index contributed by atoms with van der Waals surface area (Å²) >= 11 is 0. The molecule has 5 heteroatoms. The van der Waals surface area contributed by atoms with E-state index in [1.165, 1.54) is 12.3 Å². The van der Waals surface area contributed by atoms with Gasteiger partial charge in [0.15, 0.2) is 5.69 Å². The molecule has 1 amide bonds. The lowest BCUT2D eigenvalue weighted by Gasteiger charge is -2.28. The molecule has 2 N–H and O–H groups in total. The Balaban J connectivity index is 2.63. The summed E-state index contributed by atoms with van der Waals surface area (Å²) < 4.78 is 4.58. The minimum absolute atomic E-state index is 0.0451. The van der Waals surface area contributed by atoms with Crippen molar-refractivity contribution in [3.05, 3.63) is 18.0 Å². The molecule has 0 bridgehead atoms. The largest absolute Gasteiger partial charge is 0.396 e. The van der Waals surface area contributed by atoms with Gasteiger partial charge in [0.2, 0.25) is 0 Å². The Bertz CT molecular complexity index is 310. The van der Waals surface area contributed by atoms with Crippen molar-refractivity contribution in [3.8, 4) is 0 Å². The van der Waals surface area contributed by atoms with Crippen LogP contribution in [0.4, 0.5) is 0 Å². The fourth-order valence-electron chi connectivity index (χ4n) is 1.24. The summed E-state index contributed by atoms with van der Waals surface area (Å²) in [7, 11) is 0. The van der Waals surface area contributed by atoms with Crippen LogP contribution < -0.4 is 5.32 Å². The molecule has 1 aromatic heterocycles. The Hall–Kier alpha value is -1.36. The highest BCUT2D eigenvalue weighted by atomic mass is 16.5. The van der Waals surface area contributed by atoms with Crippen LogP contribution in [0, 0.1) is 0 Å². The number of nitrogens with zero attached hydrogens (tertiary/aromatic N) is 1. The SMILES string of the molecule is CC[C@@](C)(CCO)NC(=O)c1ccon1. The monoisotopic (exact) mass is 212 g/mol. The van der Waals surface area contributed by atoms with Gasteiger partial charge in [0.25, 0.3) is 5.91 Å². The number of nitrogens with one attached hydrogen (secondary N) is 1. The molecule has 1 aromatic rings. The normalized spacial score (nSPS) is 14.6. The van der Waals surface area contributed by atoms with Crippen LogP contribution in [-0.4, -0.2) is 28.3 Å². The molecule has 0 unspecified atom stereocenters. The van der Waals surface area contributed by atoms with E-state index in [0.29, 0.717) is 6.42 Å². The summed E-state index contributed by atoms with van der Waals surface area (Å²) in [6, 6.07) is 1.50. The Morgan fingerprint density at radius 2 is 2.47 bits per heavy atom. The van der Waals surface area contributed by atoms with Gasteiger partial charge in [0, 0.05) is 18.2 Å². The number of aliphatic hydroxyl groups excluding tert-OH is 1. The molecule has 15 heavy (non-hydrogen) atoms. The molecule has 1 rings (SSSR count). The minimum atomic E-state index is -0.398. The van der Waals surface area contributed by atoms with E-state index in [1.807, 2.05) is 13.8 Å². The molecule has 0 aliphatic carbocycles. The van der Waals surface area contributed by atoms with Crippen LogP contribution in [0.25, 0.3) is 0 Å². The second-order valence-electron chi connectivity index (χ2n) is 3.73. The van der Waals surface area contributed by atoms with E-state index >= 15 is 0 Å². The quantitative estimate of drug-likeness (QED) is 0.762. The predicted molar refractivity (Wildman–Crippen MR) is 54.4 cm³/mol. The molecule has 0 saturated carbocycles. The van der Waals surface area contributed by atoms with Crippen molar-refractivity contribution in [2.75, 3.05) is 6.61 Å². The van der Waals surface area contributed by atoms with E-state index in [1.54, 1.807) is 0 Å². The fraction of sp³-hybridized carbons (Fsp3) is 0.600. The first kappa shape index (κ1) is 11.7. The molecule has 0 saturated heterocycles. The zero-order valence-electron chi connectivity index (χ0n) is 8.99. The van der Waals surface area contributed by atoms with E-state index < -0.39 is 5.54 Å². The van der Waals surface area contributed by atoms with Gasteiger partial charge in [-0.25, -0.2) is 0 Å². The number of aliphatic hydroxyl groups is 1. The van der Waals surface area contributed by atoms with Gasteiger partial charge in [0.05, 0.1) is 0 Å². The Kier molecular flexibility index (Phi) is 3.85. The average molecular weight is 212 g/mol. The topological polar surface area (TPSA) is 75.4 Å². The highest BCUT2D eigenvalue weighted by Crippen LogP contribution is 2.14. The standard InChI is InChI=1S/C10H16N2O3/c1-3-10(2,5-6-13)11-9(14)8-4-7-15-12-8/h4,7,13H,3,5-6H2,1-2H3,(H,11,14)/t10-/m0/s1. The minimum Gasteiger partial charge on any atom is -0.396 e. The van der Waals surface area contributed by atoms with Crippen molar-refractivity contribution >= 4 is 5.91 Å². The highest BCUT2D eigenvalue weighted by molar-refractivity contribution is 5.92. The Morgan fingerprint density at radius 1 is 1.73 bits per heavy atom. The first-order chi connectivity index (χ1) is 7.11. The second-order valence-corrected chi connectivity index (χ2v) is 3.73. The van der Waals surface area contributed by atoms with Gasteiger partial charge in [-0.2, -0.15) is 0 Å². The lowest BCUT2D eigenvalue weighted by atomic mass is 9.95. The molecular formula is C10H16N2O3. The van der Waals surface area contributed by atoms with Gasteiger partial charge in [-0.15, -0.1) is 0 Å². The maximum atomic E-state index is 11.6. The van der Waals surface area contributed by atoms with Crippen LogP contribution in [0.2, 0.25) is 0 Å². The molecule has 0 aliphatic rings. The molecule has 0 aromatic carbocycles. The molecular weight excluding hydrogens is 196 g/mol. The third kappa shape index (κ3) is 3.06. The molecule has 5 nitrogen and oxygen atoms in total. The molecule has 1 atom stereocenters. The van der Waals surface area contributed by atoms with Gasteiger partial charge < -0.3 is 14.9 Å². The van der Waals surface area contributed by atoms with Crippen LogP contribution in [0.15, 0.2) is 16.9 Å². The molecule has 1 heterocycles. The zero-order valence-corrected chi connectivity index (χ0v) is 8.99. The average Bonchev–Trinajstić information content (AvgIpc) is 2.71. The smallest absolute Gasteiger partial charge is 0.273 e. The predicted octanol–water partition coefficient (Wildman–Crippen LogP) is 0.956. The van der Waals surface area contributed by atoms with Crippen molar-refractivity contribution in [2.45, 2.75) is 32.2 Å². The number of hydrogen-bond donors (Lipinski definition) is 2. The van der Waals surface area contributed by atoms with Gasteiger partial charge in [-0.1, -0.05) is 12.1 Å². The lowest BCUT2D eigenvalue weighted by Crippen LogP contribution is -2.46. The summed E-state index contributed by atoms with van der Waals surface area (Å²) in [6.07, 6.45) is 2.62. The van der Waals surface area contributed by atoms with Crippen molar-refractivity contribution in [1.29, 1.82) is 0 Å². The van der Waals surface area contributed by atoms with Crippen LogP contribution in [-0.2, 0) is 0 Å². The van der Waals surface area contributed by atoms with E-state index in [9.17, 15) is 4.79 Å². The first-order valence-corrected chi connectivity index (χ1v) is 4.95. The van der Waals surface area contributed by atoms with Crippen molar-refractivity contribution < 1.29 is 14.4 Å². The van der Waals surface area contributed by atoms with Crippen molar-refractivity contribution in [2.24, 2.45) is 0 Å². The van der Waals surface area contributed by atoms with Crippen LogP contribution in [0.5, 0.6) is 0 Å². The van der Waals surface area contributed by atoms with Crippen LogP contribution in [0.3, 0.4) is 0 Å². The summed E-state index contributed by atoms with van der Waals surface area (Å²) in [6.45, 7) is 3.89. The maximum absolute atomic E-state index is 11.6. The van der Waals surface area contributed by atoms with Crippen LogP contribution >= 0.6 is 0 Å². The molecule has 0 radical (unpaired) electrons. The second kappa shape index (κ2) is 4.93. The van der Waals surface area contributed by atoms with Gasteiger partial charge in [0.1, 0.15) is 6.26 Å². The lowest BCUT2D eigenvalue weighted by molar-refractivity contribution is 0.0877. The van der Waals surface area contributed by atoms with Crippen molar-refractivity contribution in [3.63, 3.8) is 0 Å². The summed E-state index contributed by atoms with van der Waals surface area (Å²) in [5.41, 5.74) is -0.141. The Labute approximate surface area is 88.5 Å². The van der Waals surface area contributed by atoms with E-state index in [-0.39, 0.29) is 18.2 Å². The Morgan fingerprint density at radius 3 is 2.93 bits per heavy atom. The van der Waals surface area contributed by atoms with Crippen molar-refractivity contribution in [1.82, 2.24) is 10.5 Å². The number of hydrogen-bond acceptors (Lipinski definition) is 4. The number of carbonyl (C=O) groups excluding carboxylic acids is 1. The number of aromatic nitrogens is 1. The number of amides is 1. The van der Waals surface area contributed by atoms with Gasteiger partial charge >= 0.3 is 0 Å². The van der Waals surface area contributed by atoms with Gasteiger partial charge in [-0.3, -0.25) is 4.79 Å². The highest BCUT2D eigenvalue weighted by Gasteiger charge is 2.25. The van der Waals surface area contributed by atoms with Gasteiger partial charge in [-0.05, 0) is 19.8 Å². The third-order valence-corrected chi connectivity index (χ3v) is 2.53. The molecule has 0 fully saturated rings. The van der Waals surface area contributed by atoms with E-state index in [0.717, 1.165) is 6.42 Å². The molecule has 0 aliphatic heterocycles. The fourth-order valence-corrected chi connectivity index (χ4v) is 1.24. The number of carbonyl (C=O) groups is 1. The summed E-state index contributed by atoms with van der Waals surface area (Å²) in [5, 5.41) is 15.3. The third-order valence-electron chi connectivity index (χ3n) is 2.53. The summed E-state index contributed by atoms with van der Waals surface area (Å²) in [5.74, 6) is -0.276. The van der Waals surface area contributed by atoms with E-state index in [4.69, 9.17) is 5.11 Å². The molecule has 84 valence electrons. The maximum Gasteiger partial charge on any atom is 0.273 e. The summed E-state index contributed by atoms with van der Waals surface area (Å²) in [4.78, 5) is 11.6. The number of rotatable bonds is 5.